The second-order valence-electron chi connectivity index (χ2n) is 5.24. The van der Waals surface area contributed by atoms with E-state index in [1.165, 1.54) is 22.3 Å². The standard InChI is InChI=1S/C17H16BrNO/c1-11-3-2-4-13(9-11)17(18)14-5-7-15-12(10-14)6-8-16(20)19-15/h2-5,7,9-10,17H,6,8H2,1H3,(H,19,20). The number of aryl methyl sites for hydroxylation is 2. The smallest absolute Gasteiger partial charge is 0.224 e. The van der Waals surface area contributed by atoms with Gasteiger partial charge in [0, 0.05) is 12.1 Å². The van der Waals surface area contributed by atoms with Crippen LogP contribution < -0.4 is 5.32 Å². The summed E-state index contributed by atoms with van der Waals surface area (Å²) in [4.78, 5) is 11.6. The summed E-state index contributed by atoms with van der Waals surface area (Å²) in [6, 6.07) is 14.8. The lowest BCUT2D eigenvalue weighted by Crippen LogP contribution is -2.19. The van der Waals surface area contributed by atoms with E-state index >= 15 is 0 Å². The number of hydrogen-bond donors (Lipinski definition) is 1. The third-order valence-corrected chi connectivity index (χ3v) is 4.71. The van der Waals surface area contributed by atoms with Gasteiger partial charge in [0.05, 0.1) is 4.83 Å². The normalized spacial score (nSPS) is 15.4. The highest BCUT2D eigenvalue weighted by molar-refractivity contribution is 9.09. The number of alkyl halides is 1. The van der Waals surface area contributed by atoms with Crippen molar-refractivity contribution in [3.63, 3.8) is 0 Å². The van der Waals surface area contributed by atoms with Crippen molar-refractivity contribution in [2.24, 2.45) is 0 Å². The van der Waals surface area contributed by atoms with Gasteiger partial charge >= 0.3 is 0 Å². The first kappa shape index (κ1) is 13.4. The zero-order valence-corrected chi connectivity index (χ0v) is 12.9. The number of fused-ring (bicyclic) bond motifs is 1. The fourth-order valence-corrected chi connectivity index (χ4v) is 3.15. The van der Waals surface area contributed by atoms with Gasteiger partial charge in [-0.3, -0.25) is 4.79 Å². The Morgan fingerprint density at radius 3 is 2.70 bits per heavy atom. The van der Waals surface area contributed by atoms with E-state index in [-0.39, 0.29) is 10.7 Å². The minimum Gasteiger partial charge on any atom is -0.326 e. The Morgan fingerprint density at radius 1 is 1.10 bits per heavy atom. The molecule has 1 aliphatic heterocycles. The highest BCUT2D eigenvalue weighted by Crippen LogP contribution is 2.34. The van der Waals surface area contributed by atoms with Crippen molar-refractivity contribution in [3.05, 3.63) is 64.7 Å². The minimum atomic E-state index is 0.110. The Bertz CT molecular complexity index is 666. The molecule has 20 heavy (non-hydrogen) atoms. The second kappa shape index (κ2) is 5.41. The maximum Gasteiger partial charge on any atom is 0.224 e. The molecule has 0 aromatic heterocycles. The first-order chi connectivity index (χ1) is 9.63. The number of amides is 1. The Hall–Kier alpha value is -1.61. The molecule has 1 atom stereocenters. The van der Waals surface area contributed by atoms with Gasteiger partial charge in [0.1, 0.15) is 0 Å². The van der Waals surface area contributed by atoms with Gasteiger partial charge in [-0.1, -0.05) is 57.9 Å². The zero-order chi connectivity index (χ0) is 14.1. The number of carbonyl (C=O) groups is 1. The third-order valence-electron chi connectivity index (χ3n) is 3.65. The molecule has 3 heteroatoms. The van der Waals surface area contributed by atoms with Gasteiger partial charge in [-0.15, -0.1) is 0 Å². The van der Waals surface area contributed by atoms with Gasteiger partial charge in [0.2, 0.25) is 5.91 Å². The van der Waals surface area contributed by atoms with E-state index in [2.05, 4.69) is 64.6 Å². The SMILES string of the molecule is Cc1cccc(C(Br)c2ccc3c(c2)CCC(=O)N3)c1. The first-order valence-corrected chi connectivity index (χ1v) is 7.68. The summed E-state index contributed by atoms with van der Waals surface area (Å²) in [5, 5.41) is 2.92. The van der Waals surface area contributed by atoms with Crippen LogP contribution in [0.4, 0.5) is 5.69 Å². The molecule has 2 aromatic carbocycles. The molecule has 102 valence electrons. The van der Waals surface area contributed by atoms with E-state index < -0.39 is 0 Å². The molecule has 2 nitrogen and oxygen atoms in total. The summed E-state index contributed by atoms with van der Waals surface area (Å²) in [6.07, 6.45) is 1.40. The summed E-state index contributed by atoms with van der Waals surface area (Å²) < 4.78 is 0. The fourth-order valence-electron chi connectivity index (χ4n) is 2.58. The minimum absolute atomic E-state index is 0.110. The van der Waals surface area contributed by atoms with Crippen LogP contribution in [0.15, 0.2) is 42.5 Å². The van der Waals surface area contributed by atoms with Crippen molar-refractivity contribution >= 4 is 27.5 Å². The summed E-state index contributed by atoms with van der Waals surface area (Å²) in [6.45, 7) is 2.10. The summed E-state index contributed by atoms with van der Waals surface area (Å²) >= 11 is 3.78. The molecule has 2 aromatic rings. The second-order valence-corrected chi connectivity index (χ2v) is 6.16. The molecule has 0 spiro atoms. The van der Waals surface area contributed by atoms with Gasteiger partial charge in [-0.05, 0) is 36.1 Å². The van der Waals surface area contributed by atoms with Crippen molar-refractivity contribution in [1.29, 1.82) is 0 Å². The van der Waals surface area contributed by atoms with Crippen LogP contribution >= 0.6 is 15.9 Å². The lowest BCUT2D eigenvalue weighted by atomic mass is 9.96. The highest BCUT2D eigenvalue weighted by atomic mass is 79.9. The van der Waals surface area contributed by atoms with Gasteiger partial charge < -0.3 is 5.32 Å². The van der Waals surface area contributed by atoms with E-state index in [1.54, 1.807) is 0 Å². The van der Waals surface area contributed by atoms with Crippen molar-refractivity contribution in [2.45, 2.75) is 24.6 Å². The van der Waals surface area contributed by atoms with Crippen LogP contribution in [-0.4, -0.2) is 5.91 Å². The lowest BCUT2D eigenvalue weighted by molar-refractivity contribution is -0.116. The predicted octanol–water partition coefficient (Wildman–Crippen LogP) is 4.36. The predicted molar refractivity (Wildman–Crippen MR) is 85.3 cm³/mol. The molecule has 0 saturated heterocycles. The molecule has 1 amide bonds. The van der Waals surface area contributed by atoms with Crippen molar-refractivity contribution in [3.8, 4) is 0 Å². The average Bonchev–Trinajstić information content (AvgIpc) is 2.46. The molecule has 1 unspecified atom stereocenters. The topological polar surface area (TPSA) is 29.1 Å². The van der Waals surface area contributed by atoms with Crippen LogP contribution in [0.2, 0.25) is 0 Å². The average molecular weight is 330 g/mol. The quantitative estimate of drug-likeness (QED) is 0.814. The zero-order valence-electron chi connectivity index (χ0n) is 11.3. The summed E-state index contributed by atoms with van der Waals surface area (Å²) in [5.41, 5.74) is 5.92. The van der Waals surface area contributed by atoms with Crippen molar-refractivity contribution in [2.75, 3.05) is 5.32 Å². The Labute approximate surface area is 127 Å². The molecule has 3 rings (SSSR count). The monoisotopic (exact) mass is 329 g/mol. The number of benzene rings is 2. The van der Waals surface area contributed by atoms with Gasteiger partial charge in [-0.25, -0.2) is 0 Å². The van der Waals surface area contributed by atoms with E-state index in [4.69, 9.17) is 0 Å². The molecule has 0 fully saturated rings. The lowest BCUT2D eigenvalue weighted by Gasteiger charge is -2.19. The number of nitrogens with one attached hydrogen (secondary N) is 1. The van der Waals surface area contributed by atoms with Gasteiger partial charge in [-0.2, -0.15) is 0 Å². The molecular weight excluding hydrogens is 314 g/mol. The van der Waals surface area contributed by atoms with Gasteiger partial charge in [0.15, 0.2) is 0 Å². The molecule has 0 bridgehead atoms. The number of halogens is 1. The first-order valence-electron chi connectivity index (χ1n) is 6.77. The number of rotatable bonds is 2. The molecule has 0 radical (unpaired) electrons. The van der Waals surface area contributed by atoms with E-state index in [0.29, 0.717) is 6.42 Å². The molecule has 1 aliphatic rings. The summed E-state index contributed by atoms with van der Waals surface area (Å²) in [5.74, 6) is 0.110. The Kier molecular flexibility index (Phi) is 3.62. The van der Waals surface area contributed by atoms with Gasteiger partial charge in [0.25, 0.3) is 0 Å². The van der Waals surface area contributed by atoms with Crippen LogP contribution in [-0.2, 0) is 11.2 Å². The van der Waals surface area contributed by atoms with Crippen LogP contribution in [0, 0.1) is 6.92 Å². The van der Waals surface area contributed by atoms with Crippen molar-refractivity contribution < 1.29 is 4.79 Å². The Balaban J connectivity index is 1.93. The maximum absolute atomic E-state index is 11.4. The fraction of sp³-hybridized carbons (Fsp3) is 0.235. The number of hydrogen-bond acceptors (Lipinski definition) is 1. The maximum atomic E-state index is 11.4. The molecule has 0 aliphatic carbocycles. The van der Waals surface area contributed by atoms with Crippen LogP contribution in [0.1, 0.15) is 33.5 Å². The van der Waals surface area contributed by atoms with E-state index in [9.17, 15) is 4.79 Å². The van der Waals surface area contributed by atoms with E-state index in [1.807, 2.05) is 6.07 Å². The molecular formula is C17H16BrNO. The van der Waals surface area contributed by atoms with Crippen LogP contribution in [0.25, 0.3) is 0 Å². The Morgan fingerprint density at radius 2 is 1.90 bits per heavy atom. The van der Waals surface area contributed by atoms with Crippen LogP contribution in [0.5, 0.6) is 0 Å². The number of anilines is 1. The van der Waals surface area contributed by atoms with Crippen molar-refractivity contribution in [1.82, 2.24) is 0 Å². The molecule has 0 saturated carbocycles. The molecule has 1 N–H and O–H groups in total. The summed E-state index contributed by atoms with van der Waals surface area (Å²) in [7, 11) is 0. The largest absolute Gasteiger partial charge is 0.326 e. The highest BCUT2D eigenvalue weighted by Gasteiger charge is 2.17. The van der Waals surface area contributed by atoms with Crippen LogP contribution in [0.3, 0.4) is 0 Å². The number of carbonyl (C=O) groups excluding carboxylic acids is 1. The van der Waals surface area contributed by atoms with E-state index in [0.717, 1.165) is 12.1 Å². The third kappa shape index (κ3) is 2.63. The molecule has 1 heterocycles.